The Kier molecular flexibility index (Phi) is 3.94. The number of nitrogens with two attached hydrogens (primary N) is 1. The summed E-state index contributed by atoms with van der Waals surface area (Å²) < 4.78 is 5.00. The summed E-state index contributed by atoms with van der Waals surface area (Å²) in [4.78, 5) is 10.5. The van der Waals surface area contributed by atoms with Crippen molar-refractivity contribution in [2.75, 3.05) is 7.11 Å². The Hall–Kier alpha value is -1.26. The zero-order chi connectivity index (χ0) is 11.4. The van der Waals surface area contributed by atoms with Crippen LogP contribution in [-0.4, -0.2) is 18.2 Å². The van der Waals surface area contributed by atoms with Gasteiger partial charge in [0.05, 0.1) is 13.5 Å². The maximum atomic E-state index is 10.5. The van der Waals surface area contributed by atoms with Crippen molar-refractivity contribution < 1.29 is 14.6 Å². The molecule has 0 radical (unpaired) electrons. The van der Waals surface area contributed by atoms with Crippen LogP contribution < -0.4 is 10.5 Å². The van der Waals surface area contributed by atoms with Crippen LogP contribution in [0.5, 0.6) is 5.75 Å². The normalized spacial score (nSPS) is 12.2. The Morgan fingerprint density at radius 3 is 2.87 bits per heavy atom. The zero-order valence-corrected chi connectivity index (χ0v) is 8.99. The van der Waals surface area contributed by atoms with Gasteiger partial charge in [0.25, 0.3) is 0 Å². The molecule has 0 saturated heterocycles. The molecule has 1 aromatic rings. The number of ether oxygens (including phenoxy) is 1. The van der Waals surface area contributed by atoms with E-state index >= 15 is 0 Å². The lowest BCUT2D eigenvalue weighted by molar-refractivity contribution is -0.137. The fourth-order valence-electron chi connectivity index (χ4n) is 1.23. The van der Waals surface area contributed by atoms with Gasteiger partial charge >= 0.3 is 5.97 Å². The summed E-state index contributed by atoms with van der Waals surface area (Å²) >= 11 is 5.90. The number of hydrogen-bond donors (Lipinski definition) is 2. The van der Waals surface area contributed by atoms with Gasteiger partial charge in [-0.15, -0.1) is 0 Å². The van der Waals surface area contributed by atoms with Gasteiger partial charge in [-0.25, -0.2) is 0 Å². The van der Waals surface area contributed by atoms with Crippen molar-refractivity contribution >= 4 is 17.6 Å². The van der Waals surface area contributed by atoms with Gasteiger partial charge in [-0.05, 0) is 23.8 Å². The number of benzene rings is 1. The SMILES string of the molecule is COc1ccc(Cl)c(C(N)CC(=O)O)c1. The van der Waals surface area contributed by atoms with Gasteiger partial charge in [0, 0.05) is 11.1 Å². The molecular weight excluding hydrogens is 218 g/mol. The van der Waals surface area contributed by atoms with Crippen LogP contribution in [-0.2, 0) is 4.79 Å². The van der Waals surface area contributed by atoms with Crippen molar-refractivity contribution in [1.29, 1.82) is 0 Å². The Bertz CT molecular complexity index is 368. The summed E-state index contributed by atoms with van der Waals surface area (Å²) in [7, 11) is 1.52. The summed E-state index contributed by atoms with van der Waals surface area (Å²) in [6.45, 7) is 0. The highest BCUT2D eigenvalue weighted by molar-refractivity contribution is 6.31. The van der Waals surface area contributed by atoms with Crippen molar-refractivity contribution in [1.82, 2.24) is 0 Å². The maximum absolute atomic E-state index is 10.5. The summed E-state index contributed by atoms with van der Waals surface area (Å²) in [6.07, 6.45) is -0.160. The minimum absolute atomic E-state index is 0.160. The smallest absolute Gasteiger partial charge is 0.305 e. The van der Waals surface area contributed by atoms with E-state index in [1.165, 1.54) is 7.11 Å². The molecule has 0 bridgehead atoms. The molecule has 0 spiro atoms. The van der Waals surface area contributed by atoms with Crippen molar-refractivity contribution in [3.63, 3.8) is 0 Å². The van der Waals surface area contributed by atoms with E-state index in [1.807, 2.05) is 0 Å². The van der Waals surface area contributed by atoms with Crippen LogP contribution in [0.3, 0.4) is 0 Å². The van der Waals surface area contributed by atoms with E-state index in [0.29, 0.717) is 16.3 Å². The summed E-state index contributed by atoms with van der Waals surface area (Å²) in [5, 5.41) is 9.06. The molecule has 1 rings (SSSR count). The second-order valence-electron chi connectivity index (χ2n) is 3.09. The molecular formula is C10H12ClNO3. The second-order valence-corrected chi connectivity index (χ2v) is 3.50. The first-order valence-electron chi connectivity index (χ1n) is 4.35. The molecule has 0 fully saturated rings. The number of carboxylic acid groups (broad SMARTS) is 1. The van der Waals surface area contributed by atoms with Gasteiger partial charge in [0.2, 0.25) is 0 Å². The lowest BCUT2D eigenvalue weighted by Crippen LogP contribution is -2.15. The molecule has 1 unspecified atom stereocenters. The molecule has 0 aliphatic heterocycles. The van der Waals surface area contributed by atoms with E-state index in [2.05, 4.69) is 0 Å². The first kappa shape index (κ1) is 11.8. The van der Waals surface area contributed by atoms with Gasteiger partial charge in [0.1, 0.15) is 5.75 Å². The van der Waals surface area contributed by atoms with Crippen LogP contribution in [0.25, 0.3) is 0 Å². The first-order chi connectivity index (χ1) is 7.04. The second kappa shape index (κ2) is 5.00. The highest BCUT2D eigenvalue weighted by atomic mass is 35.5. The highest BCUT2D eigenvalue weighted by Crippen LogP contribution is 2.27. The number of hydrogen-bond acceptors (Lipinski definition) is 3. The van der Waals surface area contributed by atoms with Crippen LogP contribution in [0.4, 0.5) is 0 Å². The Morgan fingerprint density at radius 1 is 1.67 bits per heavy atom. The van der Waals surface area contributed by atoms with Gasteiger partial charge in [0.15, 0.2) is 0 Å². The summed E-state index contributed by atoms with van der Waals surface area (Å²) in [5.41, 5.74) is 6.28. The molecule has 1 atom stereocenters. The van der Waals surface area contributed by atoms with Gasteiger partial charge < -0.3 is 15.6 Å². The standard InChI is InChI=1S/C10H12ClNO3/c1-15-6-2-3-8(11)7(4-6)9(12)5-10(13)14/h2-4,9H,5,12H2,1H3,(H,13,14). The fraction of sp³-hybridized carbons (Fsp3) is 0.300. The van der Waals surface area contributed by atoms with E-state index in [9.17, 15) is 4.79 Å². The predicted molar refractivity (Wildman–Crippen MR) is 57.2 cm³/mol. The number of carboxylic acids is 1. The third-order valence-electron chi connectivity index (χ3n) is 2.00. The minimum atomic E-state index is -0.957. The number of methoxy groups -OCH3 is 1. The van der Waals surface area contributed by atoms with E-state index in [0.717, 1.165) is 0 Å². The molecule has 5 heteroatoms. The van der Waals surface area contributed by atoms with Crippen molar-refractivity contribution in [2.45, 2.75) is 12.5 Å². The van der Waals surface area contributed by atoms with Crippen LogP contribution in [0.2, 0.25) is 5.02 Å². The van der Waals surface area contributed by atoms with Crippen LogP contribution in [0.15, 0.2) is 18.2 Å². The van der Waals surface area contributed by atoms with Crippen molar-refractivity contribution in [3.05, 3.63) is 28.8 Å². The molecule has 3 N–H and O–H groups in total. The number of carbonyl (C=O) groups is 1. The van der Waals surface area contributed by atoms with E-state index in [-0.39, 0.29) is 6.42 Å². The average Bonchev–Trinajstić information content (AvgIpc) is 2.17. The van der Waals surface area contributed by atoms with Crippen molar-refractivity contribution in [3.8, 4) is 5.75 Å². The molecule has 0 amide bonds. The van der Waals surface area contributed by atoms with E-state index in [1.54, 1.807) is 18.2 Å². The third-order valence-corrected chi connectivity index (χ3v) is 2.34. The van der Waals surface area contributed by atoms with Crippen LogP contribution >= 0.6 is 11.6 Å². The Balaban J connectivity index is 2.95. The Labute approximate surface area is 92.6 Å². The maximum Gasteiger partial charge on any atom is 0.305 e. The van der Waals surface area contributed by atoms with Gasteiger partial charge in [-0.2, -0.15) is 0 Å². The largest absolute Gasteiger partial charge is 0.497 e. The number of rotatable bonds is 4. The monoisotopic (exact) mass is 229 g/mol. The molecule has 4 nitrogen and oxygen atoms in total. The molecule has 15 heavy (non-hydrogen) atoms. The summed E-state index contributed by atoms with van der Waals surface area (Å²) in [6, 6.07) is 4.36. The molecule has 0 aliphatic carbocycles. The average molecular weight is 230 g/mol. The lowest BCUT2D eigenvalue weighted by atomic mass is 10.0. The lowest BCUT2D eigenvalue weighted by Gasteiger charge is -2.12. The van der Waals surface area contributed by atoms with E-state index in [4.69, 9.17) is 27.2 Å². The van der Waals surface area contributed by atoms with Crippen LogP contribution in [0.1, 0.15) is 18.0 Å². The fourth-order valence-corrected chi connectivity index (χ4v) is 1.49. The Morgan fingerprint density at radius 2 is 2.33 bits per heavy atom. The highest BCUT2D eigenvalue weighted by Gasteiger charge is 2.14. The predicted octanol–water partition coefficient (Wildman–Crippen LogP) is 1.82. The number of aliphatic carboxylic acids is 1. The molecule has 0 heterocycles. The first-order valence-corrected chi connectivity index (χ1v) is 4.73. The third kappa shape index (κ3) is 3.11. The topological polar surface area (TPSA) is 72.5 Å². The quantitative estimate of drug-likeness (QED) is 0.826. The van der Waals surface area contributed by atoms with E-state index < -0.39 is 12.0 Å². The van der Waals surface area contributed by atoms with Gasteiger partial charge in [-0.1, -0.05) is 11.6 Å². The summed E-state index contributed by atoms with van der Waals surface area (Å²) in [5.74, 6) is -0.350. The molecule has 0 aliphatic rings. The molecule has 0 saturated carbocycles. The zero-order valence-electron chi connectivity index (χ0n) is 8.24. The molecule has 1 aromatic carbocycles. The molecule has 82 valence electrons. The van der Waals surface area contributed by atoms with Crippen molar-refractivity contribution in [2.24, 2.45) is 5.73 Å². The minimum Gasteiger partial charge on any atom is -0.497 e. The van der Waals surface area contributed by atoms with Crippen LogP contribution in [0, 0.1) is 0 Å². The number of halogens is 1. The van der Waals surface area contributed by atoms with Gasteiger partial charge in [-0.3, -0.25) is 4.79 Å². The molecule has 0 aromatic heterocycles.